The predicted octanol–water partition coefficient (Wildman–Crippen LogP) is -0.869. The van der Waals surface area contributed by atoms with Crippen LogP contribution in [0.15, 0.2) is 48.5 Å². The zero-order valence-electron chi connectivity index (χ0n) is 11.2. The number of hydrogen-bond acceptors (Lipinski definition) is 3. The van der Waals surface area contributed by atoms with Gasteiger partial charge in [-0.3, -0.25) is 9.59 Å². The van der Waals surface area contributed by atoms with E-state index in [0.29, 0.717) is 16.7 Å². The molecule has 0 saturated heterocycles. The van der Waals surface area contributed by atoms with Crippen molar-refractivity contribution in [2.45, 2.75) is 6.42 Å². The van der Waals surface area contributed by atoms with Crippen LogP contribution < -0.4 is 35.3 Å². The fourth-order valence-electron chi connectivity index (χ4n) is 1.87. The SMILES string of the molecule is Nc1c(CC(=O)O)cccc1C(=O)c1ccccc1.[Na+]. The zero-order valence-corrected chi connectivity index (χ0v) is 13.2. The van der Waals surface area contributed by atoms with Crippen LogP contribution in [0.25, 0.3) is 0 Å². The second-order valence-electron chi connectivity index (χ2n) is 4.14. The molecule has 0 heterocycles. The molecule has 2 aromatic carbocycles. The molecule has 0 bridgehead atoms. The molecule has 96 valence electrons. The van der Waals surface area contributed by atoms with Gasteiger partial charge in [-0.05, 0) is 11.6 Å². The summed E-state index contributed by atoms with van der Waals surface area (Å²) >= 11 is 0. The van der Waals surface area contributed by atoms with E-state index in [0.717, 1.165) is 0 Å². The van der Waals surface area contributed by atoms with E-state index in [-0.39, 0.29) is 47.4 Å². The number of hydrogen-bond donors (Lipinski definition) is 2. The molecule has 0 aliphatic carbocycles. The van der Waals surface area contributed by atoms with Gasteiger partial charge in [0.15, 0.2) is 5.78 Å². The third kappa shape index (κ3) is 3.70. The van der Waals surface area contributed by atoms with Crippen molar-refractivity contribution >= 4 is 17.4 Å². The molecule has 4 nitrogen and oxygen atoms in total. The first-order valence-electron chi connectivity index (χ1n) is 5.78. The van der Waals surface area contributed by atoms with Gasteiger partial charge in [-0.25, -0.2) is 0 Å². The molecule has 0 aliphatic rings. The van der Waals surface area contributed by atoms with Crippen molar-refractivity contribution in [2.75, 3.05) is 5.73 Å². The van der Waals surface area contributed by atoms with Gasteiger partial charge in [0, 0.05) is 16.8 Å². The Balaban J connectivity index is 0.00000200. The number of carboxylic acid groups (broad SMARTS) is 1. The van der Waals surface area contributed by atoms with E-state index >= 15 is 0 Å². The normalized spacial score (nSPS) is 9.60. The number of nitrogens with two attached hydrogens (primary N) is 1. The molecule has 0 fully saturated rings. The minimum atomic E-state index is -0.976. The number of benzene rings is 2. The molecule has 0 spiro atoms. The molecule has 0 saturated carbocycles. The summed E-state index contributed by atoms with van der Waals surface area (Å²) in [5, 5.41) is 8.80. The van der Waals surface area contributed by atoms with Crippen LogP contribution in [-0.4, -0.2) is 16.9 Å². The van der Waals surface area contributed by atoms with Gasteiger partial charge >= 0.3 is 35.5 Å². The largest absolute Gasteiger partial charge is 1.00 e. The van der Waals surface area contributed by atoms with Crippen molar-refractivity contribution in [2.24, 2.45) is 0 Å². The summed E-state index contributed by atoms with van der Waals surface area (Å²) in [6, 6.07) is 13.6. The first-order chi connectivity index (χ1) is 9.09. The minimum Gasteiger partial charge on any atom is -0.481 e. The molecule has 2 rings (SSSR count). The standard InChI is InChI=1S/C15H13NO3.Na/c16-14-11(9-13(17)18)7-4-8-12(14)15(19)10-5-2-1-3-6-10;/h1-8H,9,16H2,(H,17,18);/q;+1. The first kappa shape index (κ1) is 16.4. The summed E-state index contributed by atoms with van der Waals surface area (Å²) in [7, 11) is 0. The van der Waals surface area contributed by atoms with E-state index in [2.05, 4.69) is 0 Å². The summed E-state index contributed by atoms with van der Waals surface area (Å²) in [5.41, 5.74) is 7.44. The number of anilines is 1. The van der Waals surface area contributed by atoms with Gasteiger partial charge < -0.3 is 10.8 Å². The average molecular weight is 278 g/mol. The molecule has 0 aromatic heterocycles. The number of carboxylic acids is 1. The van der Waals surface area contributed by atoms with Crippen LogP contribution in [0, 0.1) is 0 Å². The van der Waals surface area contributed by atoms with Crippen LogP contribution in [0.4, 0.5) is 5.69 Å². The van der Waals surface area contributed by atoms with Gasteiger partial charge in [0.2, 0.25) is 0 Å². The topological polar surface area (TPSA) is 80.4 Å². The Morgan fingerprint density at radius 3 is 2.25 bits per heavy atom. The summed E-state index contributed by atoms with van der Waals surface area (Å²) < 4.78 is 0. The zero-order chi connectivity index (χ0) is 13.8. The van der Waals surface area contributed by atoms with Gasteiger partial charge in [0.1, 0.15) is 0 Å². The second kappa shape index (κ2) is 7.24. The predicted molar refractivity (Wildman–Crippen MR) is 72.1 cm³/mol. The molecule has 20 heavy (non-hydrogen) atoms. The van der Waals surface area contributed by atoms with Crippen molar-refractivity contribution in [1.29, 1.82) is 0 Å². The maximum absolute atomic E-state index is 12.3. The van der Waals surface area contributed by atoms with Crippen LogP contribution >= 0.6 is 0 Å². The minimum absolute atomic E-state index is 0. The number of carbonyl (C=O) groups is 2. The Kier molecular flexibility index (Phi) is 5.95. The second-order valence-corrected chi connectivity index (χ2v) is 4.14. The fourth-order valence-corrected chi connectivity index (χ4v) is 1.87. The van der Waals surface area contributed by atoms with Gasteiger partial charge in [0.05, 0.1) is 6.42 Å². The molecule has 2 aromatic rings. The summed E-state index contributed by atoms with van der Waals surface area (Å²) in [6.07, 6.45) is -0.193. The Hall–Kier alpha value is -1.62. The molecular weight excluding hydrogens is 265 g/mol. The van der Waals surface area contributed by atoms with E-state index in [1.165, 1.54) is 0 Å². The Morgan fingerprint density at radius 1 is 1.00 bits per heavy atom. The Morgan fingerprint density at radius 2 is 1.65 bits per heavy atom. The van der Waals surface area contributed by atoms with E-state index in [1.807, 2.05) is 6.07 Å². The van der Waals surface area contributed by atoms with Crippen molar-refractivity contribution in [3.63, 3.8) is 0 Å². The number of nitrogen functional groups attached to an aromatic ring is 1. The van der Waals surface area contributed by atoms with Gasteiger partial charge in [-0.2, -0.15) is 0 Å². The van der Waals surface area contributed by atoms with Crippen LogP contribution in [0.1, 0.15) is 21.5 Å². The fraction of sp³-hybridized carbons (Fsp3) is 0.0667. The maximum atomic E-state index is 12.3. The number of carbonyl (C=O) groups excluding carboxylic acids is 1. The number of para-hydroxylation sites is 1. The smallest absolute Gasteiger partial charge is 0.481 e. The first-order valence-corrected chi connectivity index (χ1v) is 5.78. The molecule has 3 N–H and O–H groups in total. The monoisotopic (exact) mass is 278 g/mol. The number of aliphatic carboxylic acids is 1. The Labute approximate surface area is 138 Å². The van der Waals surface area contributed by atoms with Crippen LogP contribution in [0.5, 0.6) is 0 Å². The van der Waals surface area contributed by atoms with Gasteiger partial charge in [-0.15, -0.1) is 0 Å². The summed E-state index contributed by atoms with van der Waals surface area (Å²) in [4.78, 5) is 23.0. The molecule has 0 aliphatic heterocycles. The quantitative estimate of drug-likeness (QED) is 0.433. The molecule has 0 unspecified atom stereocenters. The third-order valence-corrected chi connectivity index (χ3v) is 2.82. The molecule has 0 radical (unpaired) electrons. The van der Waals surface area contributed by atoms with Crippen molar-refractivity contribution in [1.82, 2.24) is 0 Å². The molecule has 0 amide bonds. The van der Waals surface area contributed by atoms with E-state index in [1.54, 1.807) is 42.5 Å². The summed E-state index contributed by atoms with van der Waals surface area (Å²) in [5.74, 6) is -1.18. The molecule has 5 heteroatoms. The van der Waals surface area contributed by atoms with Gasteiger partial charge in [0.25, 0.3) is 0 Å². The van der Waals surface area contributed by atoms with E-state index < -0.39 is 5.97 Å². The van der Waals surface area contributed by atoms with Crippen LogP contribution in [0.2, 0.25) is 0 Å². The van der Waals surface area contributed by atoms with Gasteiger partial charge in [-0.1, -0.05) is 42.5 Å². The van der Waals surface area contributed by atoms with E-state index in [4.69, 9.17) is 10.8 Å². The maximum Gasteiger partial charge on any atom is 1.00 e. The Bertz CT molecular complexity index is 626. The van der Waals surface area contributed by atoms with Crippen LogP contribution in [-0.2, 0) is 11.2 Å². The van der Waals surface area contributed by atoms with Crippen LogP contribution in [0.3, 0.4) is 0 Å². The van der Waals surface area contributed by atoms with Crippen molar-refractivity contribution in [3.05, 3.63) is 65.2 Å². The third-order valence-electron chi connectivity index (χ3n) is 2.82. The van der Waals surface area contributed by atoms with Crippen molar-refractivity contribution < 1.29 is 44.3 Å². The van der Waals surface area contributed by atoms with Crippen molar-refractivity contribution in [3.8, 4) is 0 Å². The molecule has 0 atom stereocenters. The number of ketones is 1. The average Bonchev–Trinajstić information content (AvgIpc) is 2.41. The number of rotatable bonds is 4. The molecular formula is C15H13NNaO3+. The summed E-state index contributed by atoms with van der Waals surface area (Å²) in [6.45, 7) is 0. The van der Waals surface area contributed by atoms with E-state index in [9.17, 15) is 9.59 Å².